The van der Waals surface area contributed by atoms with Crippen LogP contribution in [0, 0.1) is 0 Å². The second-order valence-corrected chi connectivity index (χ2v) is 4.88. The maximum absolute atomic E-state index is 11.8. The molecule has 0 spiro atoms. The van der Waals surface area contributed by atoms with E-state index in [9.17, 15) is 4.79 Å². The second kappa shape index (κ2) is 7.22. The lowest BCUT2D eigenvalue weighted by atomic mass is 10.3. The second-order valence-electron chi connectivity index (χ2n) is 3.69. The Morgan fingerprint density at radius 3 is 3.13 bits per heavy atom. The fourth-order valence-corrected chi connectivity index (χ4v) is 2.71. The first-order valence-corrected chi connectivity index (χ1v) is 6.35. The van der Waals surface area contributed by atoms with Crippen molar-refractivity contribution in [2.45, 2.75) is 11.8 Å². The first-order chi connectivity index (χ1) is 7.25. The van der Waals surface area contributed by atoms with Gasteiger partial charge in [0.15, 0.2) is 5.78 Å². The molecule has 1 rings (SSSR count). The zero-order valence-corrected chi connectivity index (χ0v) is 10.3. The van der Waals surface area contributed by atoms with Crippen molar-refractivity contribution in [2.75, 3.05) is 46.2 Å². The molecule has 1 atom stereocenters. The molecule has 15 heavy (non-hydrogen) atoms. The molecule has 1 aliphatic rings. The number of nitrogens with zero attached hydrogens (tertiary/aromatic N) is 1. The van der Waals surface area contributed by atoms with Crippen molar-refractivity contribution in [2.24, 2.45) is 0 Å². The molecule has 1 aliphatic heterocycles. The van der Waals surface area contributed by atoms with Crippen LogP contribution in [0.25, 0.3) is 0 Å². The van der Waals surface area contributed by atoms with E-state index < -0.39 is 0 Å². The van der Waals surface area contributed by atoms with Gasteiger partial charge in [-0.25, -0.2) is 0 Å². The molecule has 1 saturated heterocycles. The van der Waals surface area contributed by atoms with Crippen molar-refractivity contribution in [3.05, 3.63) is 0 Å². The summed E-state index contributed by atoms with van der Waals surface area (Å²) in [5.41, 5.74) is 0. The highest BCUT2D eigenvalue weighted by atomic mass is 32.2. The number of nitrogens with one attached hydrogen (secondary N) is 1. The van der Waals surface area contributed by atoms with Crippen molar-refractivity contribution in [3.63, 3.8) is 0 Å². The maximum Gasteiger partial charge on any atom is 0.173 e. The van der Waals surface area contributed by atoms with E-state index in [2.05, 4.69) is 10.2 Å². The molecular weight excluding hydrogens is 212 g/mol. The molecular formula is C10H20N2O2S. The lowest BCUT2D eigenvalue weighted by molar-refractivity contribution is -0.120. The Morgan fingerprint density at radius 1 is 1.67 bits per heavy atom. The van der Waals surface area contributed by atoms with Crippen LogP contribution in [-0.2, 0) is 9.53 Å². The summed E-state index contributed by atoms with van der Waals surface area (Å²) >= 11 is 1.75. The molecule has 0 bridgehead atoms. The van der Waals surface area contributed by atoms with Crippen LogP contribution < -0.4 is 5.32 Å². The van der Waals surface area contributed by atoms with Crippen LogP contribution in [0.2, 0.25) is 0 Å². The highest BCUT2D eigenvalue weighted by Gasteiger charge is 2.25. The molecule has 1 unspecified atom stereocenters. The Hall–Kier alpha value is -0.100. The Bertz CT molecular complexity index is 202. The number of carbonyl (C=O) groups is 1. The van der Waals surface area contributed by atoms with E-state index in [0.717, 1.165) is 18.8 Å². The van der Waals surface area contributed by atoms with Crippen molar-refractivity contribution in [1.82, 2.24) is 10.2 Å². The largest absolute Gasteiger partial charge is 0.383 e. The predicted molar refractivity (Wildman–Crippen MR) is 63.2 cm³/mol. The molecule has 1 N–H and O–H groups in total. The Morgan fingerprint density at radius 2 is 2.47 bits per heavy atom. The Kier molecular flexibility index (Phi) is 6.24. The fourth-order valence-electron chi connectivity index (χ4n) is 1.57. The molecule has 4 nitrogen and oxygen atoms in total. The van der Waals surface area contributed by atoms with Crippen LogP contribution >= 0.6 is 11.8 Å². The summed E-state index contributed by atoms with van der Waals surface area (Å²) in [5.74, 6) is 1.37. The van der Waals surface area contributed by atoms with Crippen LogP contribution in [0.1, 0.15) is 6.42 Å². The summed E-state index contributed by atoms with van der Waals surface area (Å²) in [6.07, 6.45) is 1.18. The minimum Gasteiger partial charge on any atom is -0.383 e. The zero-order valence-electron chi connectivity index (χ0n) is 9.49. The topological polar surface area (TPSA) is 41.6 Å². The van der Waals surface area contributed by atoms with Crippen molar-refractivity contribution in [1.29, 1.82) is 0 Å². The van der Waals surface area contributed by atoms with Gasteiger partial charge in [0.1, 0.15) is 5.37 Å². The number of hydrogen-bond acceptors (Lipinski definition) is 5. The lowest BCUT2D eigenvalue weighted by Crippen LogP contribution is -2.44. The smallest absolute Gasteiger partial charge is 0.173 e. The molecule has 1 fully saturated rings. The molecule has 0 aromatic rings. The van der Waals surface area contributed by atoms with Gasteiger partial charge in [0.25, 0.3) is 0 Å². The van der Waals surface area contributed by atoms with Gasteiger partial charge in [0.05, 0.1) is 13.2 Å². The van der Waals surface area contributed by atoms with Gasteiger partial charge in [0, 0.05) is 20.2 Å². The summed E-state index contributed by atoms with van der Waals surface area (Å²) in [6.45, 7) is 2.87. The standard InChI is InChI=1S/C10H20N2O2S/c1-12-5-3-7-15-10(12)9(13)8-11-4-6-14-2/h10-11H,3-8H2,1-2H3. The minimum atomic E-state index is 0.0498. The SMILES string of the molecule is COCCNCC(=O)C1SCCCN1C. The molecule has 88 valence electrons. The summed E-state index contributed by atoms with van der Waals surface area (Å²) in [5, 5.41) is 3.14. The number of methoxy groups -OCH3 is 1. The molecule has 0 radical (unpaired) electrons. The first kappa shape index (κ1) is 13.0. The van der Waals surface area contributed by atoms with Gasteiger partial charge in [-0.2, -0.15) is 0 Å². The maximum atomic E-state index is 11.8. The number of ketones is 1. The predicted octanol–water partition coefficient (Wildman–Crippen LogP) is 0.186. The van der Waals surface area contributed by atoms with Gasteiger partial charge in [0.2, 0.25) is 0 Å². The van der Waals surface area contributed by atoms with Gasteiger partial charge >= 0.3 is 0 Å². The molecule has 0 aromatic heterocycles. The van der Waals surface area contributed by atoms with Gasteiger partial charge in [-0.05, 0) is 19.2 Å². The quantitative estimate of drug-likeness (QED) is 0.662. The monoisotopic (exact) mass is 232 g/mol. The van der Waals surface area contributed by atoms with Crippen molar-refractivity contribution >= 4 is 17.5 Å². The highest BCUT2D eigenvalue weighted by molar-refractivity contribution is 8.00. The molecule has 1 heterocycles. The van der Waals surface area contributed by atoms with Gasteiger partial charge in [-0.3, -0.25) is 9.69 Å². The van der Waals surface area contributed by atoms with Crippen LogP contribution in [0.4, 0.5) is 0 Å². The summed E-state index contributed by atoms with van der Waals surface area (Å²) in [4.78, 5) is 13.9. The third kappa shape index (κ3) is 4.51. The average molecular weight is 232 g/mol. The minimum absolute atomic E-state index is 0.0498. The fraction of sp³-hybridized carbons (Fsp3) is 0.900. The number of likely N-dealkylation sites (N-methyl/N-ethyl adjacent to an activating group) is 1. The summed E-state index contributed by atoms with van der Waals surface area (Å²) in [6, 6.07) is 0. The van der Waals surface area contributed by atoms with E-state index in [1.54, 1.807) is 18.9 Å². The normalized spacial score (nSPS) is 22.9. The lowest BCUT2D eigenvalue weighted by Gasteiger charge is -2.30. The van der Waals surface area contributed by atoms with Crippen molar-refractivity contribution in [3.8, 4) is 0 Å². The molecule has 5 heteroatoms. The zero-order chi connectivity index (χ0) is 11.1. The van der Waals surface area contributed by atoms with E-state index in [4.69, 9.17) is 4.74 Å². The number of hydrogen-bond donors (Lipinski definition) is 1. The van der Waals surface area contributed by atoms with E-state index in [1.807, 2.05) is 7.05 Å². The number of Topliss-reactive ketones (excluding diaryl/α,β-unsaturated/α-hetero) is 1. The molecule has 0 saturated carbocycles. The van der Waals surface area contributed by atoms with E-state index in [0.29, 0.717) is 13.2 Å². The third-order valence-corrected chi connectivity index (χ3v) is 3.85. The summed E-state index contributed by atoms with van der Waals surface area (Å²) < 4.78 is 4.90. The van der Waals surface area contributed by atoms with Crippen LogP contribution in [-0.4, -0.2) is 62.2 Å². The average Bonchev–Trinajstić information content (AvgIpc) is 2.25. The van der Waals surface area contributed by atoms with Crippen molar-refractivity contribution < 1.29 is 9.53 Å². The number of rotatable bonds is 6. The molecule has 0 aromatic carbocycles. The van der Waals surface area contributed by atoms with E-state index in [-0.39, 0.29) is 11.2 Å². The van der Waals surface area contributed by atoms with Crippen LogP contribution in [0.3, 0.4) is 0 Å². The van der Waals surface area contributed by atoms with E-state index in [1.165, 1.54) is 6.42 Å². The summed E-state index contributed by atoms with van der Waals surface area (Å²) in [7, 11) is 3.68. The Balaban J connectivity index is 2.20. The number of thioether (sulfide) groups is 1. The molecule has 0 amide bonds. The van der Waals surface area contributed by atoms with Gasteiger partial charge < -0.3 is 10.1 Å². The first-order valence-electron chi connectivity index (χ1n) is 5.30. The Labute approximate surface area is 95.7 Å². The van der Waals surface area contributed by atoms with Crippen LogP contribution in [0.5, 0.6) is 0 Å². The third-order valence-electron chi connectivity index (χ3n) is 2.39. The molecule has 0 aliphatic carbocycles. The highest BCUT2D eigenvalue weighted by Crippen LogP contribution is 2.21. The van der Waals surface area contributed by atoms with E-state index >= 15 is 0 Å². The van der Waals surface area contributed by atoms with Gasteiger partial charge in [-0.1, -0.05) is 0 Å². The van der Waals surface area contributed by atoms with Crippen LogP contribution in [0.15, 0.2) is 0 Å². The number of ether oxygens (including phenoxy) is 1. The van der Waals surface area contributed by atoms with Gasteiger partial charge in [-0.15, -0.1) is 11.8 Å². The number of carbonyl (C=O) groups excluding carboxylic acids is 1.